The number of alkyl halides is 2. The molecule has 2 rings (SSSR count). The lowest BCUT2D eigenvalue weighted by atomic mass is 10.2. The zero-order valence-corrected chi connectivity index (χ0v) is 18.7. The van der Waals surface area contributed by atoms with Crippen molar-refractivity contribution >= 4 is 35.6 Å². The highest BCUT2D eigenvalue weighted by Crippen LogP contribution is 2.20. The van der Waals surface area contributed by atoms with E-state index in [9.17, 15) is 8.78 Å². The fourth-order valence-corrected chi connectivity index (χ4v) is 2.41. The van der Waals surface area contributed by atoms with Gasteiger partial charge in [-0.1, -0.05) is 24.3 Å². The van der Waals surface area contributed by atoms with Crippen molar-refractivity contribution in [1.82, 2.24) is 5.32 Å². The third-order valence-electron chi connectivity index (χ3n) is 3.72. The Morgan fingerprint density at radius 3 is 2.62 bits per heavy atom. The molecule has 9 heteroatoms. The van der Waals surface area contributed by atoms with Gasteiger partial charge in [0.25, 0.3) is 0 Å². The first-order valence-electron chi connectivity index (χ1n) is 8.84. The number of hydrogen-bond donors (Lipinski definition) is 2. The predicted molar refractivity (Wildman–Crippen MR) is 121 cm³/mol. The lowest BCUT2D eigenvalue weighted by Gasteiger charge is -2.15. The summed E-state index contributed by atoms with van der Waals surface area (Å²) in [4.78, 5) is 4.15. The number of halogens is 3. The first kappa shape index (κ1) is 24.9. The molecule has 0 aliphatic carbocycles. The third-order valence-corrected chi connectivity index (χ3v) is 3.72. The molecule has 6 nitrogen and oxygen atoms in total. The molecular formula is C20H26F2IN3O3. The van der Waals surface area contributed by atoms with Crippen molar-refractivity contribution in [2.75, 3.05) is 32.7 Å². The van der Waals surface area contributed by atoms with Gasteiger partial charge >= 0.3 is 6.61 Å². The van der Waals surface area contributed by atoms with Crippen LogP contribution in [-0.4, -0.2) is 39.9 Å². The van der Waals surface area contributed by atoms with Crippen LogP contribution in [0, 0.1) is 0 Å². The smallest absolute Gasteiger partial charge is 0.387 e. The molecule has 0 fully saturated rings. The van der Waals surface area contributed by atoms with E-state index in [4.69, 9.17) is 9.47 Å². The van der Waals surface area contributed by atoms with Crippen molar-refractivity contribution in [3.05, 3.63) is 54.1 Å². The molecule has 2 aromatic carbocycles. The lowest BCUT2D eigenvalue weighted by Crippen LogP contribution is -2.30. The zero-order chi connectivity index (χ0) is 20.2. The van der Waals surface area contributed by atoms with Crippen LogP contribution < -0.4 is 20.1 Å². The van der Waals surface area contributed by atoms with E-state index in [2.05, 4.69) is 20.4 Å². The summed E-state index contributed by atoms with van der Waals surface area (Å²) in [5.41, 5.74) is 1.38. The van der Waals surface area contributed by atoms with E-state index in [1.165, 1.54) is 6.07 Å². The van der Waals surface area contributed by atoms with Crippen LogP contribution in [0.2, 0.25) is 0 Å². The molecule has 0 aromatic heterocycles. The first-order chi connectivity index (χ1) is 13.6. The number of aliphatic imine (C=N–C) groups is 1. The summed E-state index contributed by atoms with van der Waals surface area (Å²) < 4.78 is 40.3. The summed E-state index contributed by atoms with van der Waals surface area (Å²) >= 11 is 0. The minimum atomic E-state index is -2.87. The first-order valence-corrected chi connectivity index (χ1v) is 8.84. The standard InChI is InChI=1S/C20H25F2N3O3.HI/c1-23-20(24-14-15-7-3-4-10-18(15)28-19(21)22)25-16-8-5-9-17(13-16)27-12-6-11-26-2;/h3-5,7-10,13,19H,6,11-12,14H2,1-2H3,(H2,23,24,25);1H. The average Bonchev–Trinajstić information content (AvgIpc) is 2.69. The Bertz CT molecular complexity index is 763. The number of nitrogens with one attached hydrogen (secondary N) is 2. The molecule has 0 unspecified atom stereocenters. The summed E-state index contributed by atoms with van der Waals surface area (Å²) in [7, 11) is 3.28. The van der Waals surface area contributed by atoms with Gasteiger partial charge in [-0.15, -0.1) is 24.0 Å². The van der Waals surface area contributed by atoms with Crippen molar-refractivity contribution < 1.29 is 23.0 Å². The van der Waals surface area contributed by atoms with E-state index in [0.29, 0.717) is 24.7 Å². The van der Waals surface area contributed by atoms with Crippen molar-refractivity contribution in [2.24, 2.45) is 4.99 Å². The average molecular weight is 521 g/mol. The van der Waals surface area contributed by atoms with E-state index in [-0.39, 0.29) is 36.3 Å². The van der Waals surface area contributed by atoms with Crippen molar-refractivity contribution in [3.8, 4) is 11.5 Å². The second kappa shape index (κ2) is 13.9. The van der Waals surface area contributed by atoms with Gasteiger partial charge in [0.05, 0.1) is 6.61 Å². The maximum Gasteiger partial charge on any atom is 0.387 e. The maximum absolute atomic E-state index is 12.5. The molecule has 0 heterocycles. The van der Waals surface area contributed by atoms with Gasteiger partial charge in [-0.05, 0) is 18.2 Å². The largest absolute Gasteiger partial charge is 0.493 e. The zero-order valence-electron chi connectivity index (χ0n) is 16.4. The molecular weight excluding hydrogens is 495 g/mol. The molecule has 0 saturated heterocycles. The van der Waals surface area contributed by atoms with Gasteiger partial charge in [0.15, 0.2) is 5.96 Å². The summed E-state index contributed by atoms with van der Waals surface area (Å²) in [5, 5.41) is 6.23. The van der Waals surface area contributed by atoms with Gasteiger partial charge in [-0.2, -0.15) is 8.78 Å². The van der Waals surface area contributed by atoms with E-state index in [0.717, 1.165) is 17.9 Å². The molecule has 2 N–H and O–H groups in total. The second-order valence-corrected chi connectivity index (χ2v) is 5.76. The molecule has 0 bridgehead atoms. The summed E-state index contributed by atoms with van der Waals surface area (Å²) in [6, 6.07) is 14.1. The fourth-order valence-electron chi connectivity index (χ4n) is 2.41. The molecule has 0 atom stereocenters. The fraction of sp³-hybridized carbons (Fsp3) is 0.350. The molecule has 0 aliphatic heterocycles. The monoisotopic (exact) mass is 521 g/mol. The SMILES string of the molecule is CN=C(NCc1ccccc1OC(F)F)Nc1cccc(OCCCOC)c1.I. The number of nitrogens with zero attached hydrogens (tertiary/aromatic N) is 1. The molecule has 0 spiro atoms. The van der Waals surface area contributed by atoms with Crippen molar-refractivity contribution in [1.29, 1.82) is 0 Å². The molecule has 0 amide bonds. The third kappa shape index (κ3) is 9.27. The Kier molecular flexibility index (Phi) is 12.0. The lowest BCUT2D eigenvalue weighted by molar-refractivity contribution is -0.0504. The Morgan fingerprint density at radius 1 is 1.10 bits per heavy atom. The van der Waals surface area contributed by atoms with Crippen molar-refractivity contribution in [3.63, 3.8) is 0 Å². The Labute approximate surface area is 186 Å². The van der Waals surface area contributed by atoms with Crippen LogP contribution in [0.5, 0.6) is 11.5 Å². The van der Waals surface area contributed by atoms with Crippen LogP contribution in [0.15, 0.2) is 53.5 Å². The van der Waals surface area contributed by atoms with Gasteiger partial charge < -0.3 is 24.8 Å². The van der Waals surface area contributed by atoms with Gasteiger partial charge in [0.1, 0.15) is 11.5 Å². The second-order valence-electron chi connectivity index (χ2n) is 5.76. The normalized spacial score (nSPS) is 11.0. The van der Waals surface area contributed by atoms with E-state index >= 15 is 0 Å². The highest BCUT2D eigenvalue weighted by atomic mass is 127. The number of para-hydroxylation sites is 1. The van der Waals surface area contributed by atoms with Gasteiger partial charge in [0.2, 0.25) is 0 Å². The number of hydrogen-bond acceptors (Lipinski definition) is 4. The van der Waals surface area contributed by atoms with Crippen LogP contribution in [-0.2, 0) is 11.3 Å². The minimum absolute atomic E-state index is 0. The van der Waals surface area contributed by atoms with Crippen molar-refractivity contribution in [2.45, 2.75) is 19.6 Å². The number of rotatable bonds is 10. The van der Waals surface area contributed by atoms with E-state index < -0.39 is 6.61 Å². The number of guanidine groups is 1. The number of methoxy groups -OCH3 is 1. The van der Waals surface area contributed by atoms with E-state index in [1.807, 2.05) is 24.3 Å². The molecule has 160 valence electrons. The summed E-state index contributed by atoms with van der Waals surface area (Å²) in [5.74, 6) is 1.35. The Balaban J connectivity index is 0.00000420. The van der Waals surface area contributed by atoms with Crippen LogP contribution in [0.3, 0.4) is 0 Å². The predicted octanol–water partition coefficient (Wildman–Crippen LogP) is 4.51. The maximum atomic E-state index is 12.5. The Morgan fingerprint density at radius 2 is 1.90 bits per heavy atom. The molecule has 0 saturated carbocycles. The quantitative estimate of drug-likeness (QED) is 0.209. The highest BCUT2D eigenvalue weighted by Gasteiger charge is 2.09. The van der Waals surface area contributed by atoms with Crippen LogP contribution in [0.1, 0.15) is 12.0 Å². The minimum Gasteiger partial charge on any atom is -0.493 e. The molecule has 0 radical (unpaired) electrons. The Hall–Kier alpha value is -2.14. The van der Waals surface area contributed by atoms with Crippen LogP contribution in [0.4, 0.5) is 14.5 Å². The van der Waals surface area contributed by atoms with Crippen LogP contribution >= 0.6 is 24.0 Å². The van der Waals surface area contributed by atoms with Gasteiger partial charge in [-0.3, -0.25) is 4.99 Å². The van der Waals surface area contributed by atoms with Gasteiger partial charge in [-0.25, -0.2) is 0 Å². The summed E-state index contributed by atoms with van der Waals surface area (Å²) in [6.07, 6.45) is 0.803. The van der Waals surface area contributed by atoms with Crippen LogP contribution in [0.25, 0.3) is 0 Å². The highest BCUT2D eigenvalue weighted by molar-refractivity contribution is 14.0. The number of ether oxygens (including phenoxy) is 3. The topological polar surface area (TPSA) is 64.1 Å². The summed E-state index contributed by atoms with van der Waals surface area (Å²) in [6.45, 7) is -1.39. The van der Waals surface area contributed by atoms with E-state index in [1.54, 1.807) is 32.4 Å². The number of anilines is 1. The molecule has 2 aromatic rings. The van der Waals surface area contributed by atoms with Gasteiger partial charge in [0, 0.05) is 51.0 Å². The molecule has 0 aliphatic rings. The number of benzene rings is 2. The molecule has 29 heavy (non-hydrogen) atoms.